The summed E-state index contributed by atoms with van der Waals surface area (Å²) in [6.45, 7) is 0.0812. The van der Waals surface area contributed by atoms with Gasteiger partial charge in [0.1, 0.15) is 11.9 Å². The Labute approximate surface area is 174 Å². The highest BCUT2D eigenvalue weighted by molar-refractivity contribution is 5.95. The Bertz CT molecular complexity index is 866. The summed E-state index contributed by atoms with van der Waals surface area (Å²) in [5, 5.41) is 2.68. The van der Waals surface area contributed by atoms with Gasteiger partial charge in [-0.15, -0.1) is 0 Å². The van der Waals surface area contributed by atoms with Crippen LogP contribution in [0.15, 0.2) is 42.6 Å². The highest BCUT2D eigenvalue weighted by Gasteiger charge is 2.31. The molecule has 30 heavy (non-hydrogen) atoms. The molecule has 0 saturated carbocycles. The Hall–Kier alpha value is -2.94. The number of para-hydroxylation sites is 2. The number of nitrogens with zero attached hydrogens (tertiary/aromatic N) is 3. The lowest BCUT2D eigenvalue weighted by molar-refractivity contribution is -0.120. The minimum absolute atomic E-state index is 0.0662. The molecule has 0 bridgehead atoms. The van der Waals surface area contributed by atoms with Gasteiger partial charge in [-0.05, 0) is 37.6 Å². The number of nitrogens with one attached hydrogen (secondary N) is 1. The minimum atomic E-state index is -2.96. The molecule has 0 unspecified atom stereocenters. The van der Waals surface area contributed by atoms with Gasteiger partial charge in [-0.1, -0.05) is 12.1 Å². The first-order chi connectivity index (χ1) is 14.3. The van der Waals surface area contributed by atoms with Gasteiger partial charge < -0.3 is 19.7 Å². The summed E-state index contributed by atoms with van der Waals surface area (Å²) in [7, 11) is 3.80. The van der Waals surface area contributed by atoms with Crippen LogP contribution in [-0.2, 0) is 4.79 Å². The van der Waals surface area contributed by atoms with E-state index in [1.807, 2.05) is 36.0 Å². The first-order valence-corrected chi connectivity index (χ1v) is 9.73. The molecule has 0 radical (unpaired) electrons. The van der Waals surface area contributed by atoms with Crippen molar-refractivity contribution in [1.29, 1.82) is 0 Å². The second-order valence-electron chi connectivity index (χ2n) is 7.28. The Morgan fingerprint density at radius 2 is 1.97 bits per heavy atom. The van der Waals surface area contributed by atoms with Crippen LogP contribution in [0.1, 0.15) is 13.3 Å². The van der Waals surface area contributed by atoms with E-state index in [1.165, 1.54) is 12.1 Å². The van der Waals surface area contributed by atoms with Crippen LogP contribution in [0.3, 0.4) is 0 Å². The fourth-order valence-corrected chi connectivity index (χ4v) is 3.36. The third-order valence-electron chi connectivity index (χ3n) is 4.93. The zero-order chi connectivity index (χ0) is 21.7. The molecule has 7 nitrogen and oxygen atoms in total. The molecular formula is C21H26F2N4O3. The molecule has 2 atom stereocenters. The third-order valence-corrected chi connectivity index (χ3v) is 4.93. The minimum Gasteiger partial charge on any atom is -0.485 e. The molecule has 2 heterocycles. The van der Waals surface area contributed by atoms with Gasteiger partial charge in [-0.25, -0.2) is 4.98 Å². The quantitative estimate of drug-likeness (QED) is 0.707. The number of carbonyl (C=O) groups is 1. The van der Waals surface area contributed by atoms with Crippen LogP contribution in [0.5, 0.6) is 11.5 Å². The van der Waals surface area contributed by atoms with Crippen LogP contribution in [0, 0.1) is 0 Å². The van der Waals surface area contributed by atoms with Crippen molar-refractivity contribution in [2.75, 3.05) is 37.4 Å². The van der Waals surface area contributed by atoms with Gasteiger partial charge in [-0.2, -0.15) is 8.78 Å². The number of anilines is 2. The summed E-state index contributed by atoms with van der Waals surface area (Å²) in [6.07, 6.45) is 2.41. The number of hydrogen-bond donors (Lipinski definition) is 1. The molecule has 1 amide bonds. The Morgan fingerprint density at radius 1 is 1.23 bits per heavy atom. The fraction of sp³-hybridized carbons (Fsp3) is 0.429. The molecule has 3 rings (SSSR count). The molecule has 1 saturated heterocycles. The highest BCUT2D eigenvalue weighted by atomic mass is 19.3. The summed E-state index contributed by atoms with van der Waals surface area (Å²) in [4.78, 5) is 20.9. The molecule has 1 aromatic heterocycles. The second-order valence-corrected chi connectivity index (χ2v) is 7.28. The van der Waals surface area contributed by atoms with Crippen LogP contribution in [0.25, 0.3) is 0 Å². The summed E-state index contributed by atoms with van der Waals surface area (Å²) in [5.41, 5.74) is 0.215. The number of pyridine rings is 1. The molecule has 9 heteroatoms. The van der Waals surface area contributed by atoms with Crippen LogP contribution < -0.4 is 19.7 Å². The molecule has 0 aliphatic carbocycles. The van der Waals surface area contributed by atoms with Crippen molar-refractivity contribution >= 4 is 17.4 Å². The maximum absolute atomic E-state index is 12.7. The van der Waals surface area contributed by atoms with Crippen LogP contribution in [0.4, 0.5) is 20.3 Å². The second kappa shape index (κ2) is 9.71. The topological polar surface area (TPSA) is 66.9 Å². The fourth-order valence-electron chi connectivity index (χ4n) is 3.36. The monoisotopic (exact) mass is 420 g/mol. The molecular weight excluding hydrogens is 394 g/mol. The summed E-state index contributed by atoms with van der Waals surface area (Å²) in [5.74, 6) is 1.08. The Kier molecular flexibility index (Phi) is 7.04. The predicted molar refractivity (Wildman–Crippen MR) is 110 cm³/mol. The molecule has 1 aliphatic rings. The number of aromatic nitrogens is 1. The van der Waals surface area contributed by atoms with E-state index >= 15 is 0 Å². The average molecular weight is 420 g/mol. The van der Waals surface area contributed by atoms with Gasteiger partial charge in [0.25, 0.3) is 0 Å². The molecule has 1 N–H and O–H groups in total. The molecule has 1 fully saturated rings. The SMILES string of the molecule is C[C@H](C(=O)Nc1ccccc1OC(F)F)N1CC[C@H](Oc2cccnc2N(C)C)C1. The number of amides is 1. The van der Waals surface area contributed by atoms with Crippen molar-refractivity contribution in [2.24, 2.45) is 0 Å². The van der Waals surface area contributed by atoms with E-state index in [4.69, 9.17) is 4.74 Å². The van der Waals surface area contributed by atoms with Crippen molar-refractivity contribution in [3.8, 4) is 11.5 Å². The van der Waals surface area contributed by atoms with Gasteiger partial charge >= 0.3 is 6.61 Å². The van der Waals surface area contributed by atoms with Crippen molar-refractivity contribution < 1.29 is 23.0 Å². The lowest BCUT2D eigenvalue weighted by Crippen LogP contribution is -2.41. The van der Waals surface area contributed by atoms with Crippen molar-refractivity contribution in [2.45, 2.75) is 32.1 Å². The highest BCUT2D eigenvalue weighted by Crippen LogP contribution is 2.28. The zero-order valence-corrected chi connectivity index (χ0v) is 17.2. The van der Waals surface area contributed by atoms with Gasteiger partial charge in [0.05, 0.1) is 11.7 Å². The van der Waals surface area contributed by atoms with E-state index in [2.05, 4.69) is 15.0 Å². The standard InChI is InChI=1S/C21H26F2N4O3/c1-14(20(28)25-16-7-4-5-8-17(16)30-21(22)23)27-12-10-15(13-27)29-18-9-6-11-24-19(18)26(2)3/h4-9,11,14-15,21H,10,12-13H2,1-3H3,(H,25,28)/t14-,15+/m1/s1. The third kappa shape index (κ3) is 5.35. The normalized spacial score (nSPS) is 17.6. The summed E-state index contributed by atoms with van der Waals surface area (Å²) >= 11 is 0. The van der Waals surface area contributed by atoms with Gasteiger partial charge in [0.2, 0.25) is 5.91 Å². The predicted octanol–water partition coefficient (Wildman–Crippen LogP) is 3.23. The van der Waals surface area contributed by atoms with Crippen molar-refractivity contribution in [1.82, 2.24) is 9.88 Å². The maximum Gasteiger partial charge on any atom is 0.387 e. The Morgan fingerprint density at radius 3 is 2.70 bits per heavy atom. The number of halogens is 2. The van der Waals surface area contributed by atoms with E-state index in [0.29, 0.717) is 18.8 Å². The zero-order valence-electron chi connectivity index (χ0n) is 17.2. The number of benzene rings is 1. The molecule has 162 valence electrons. The molecule has 2 aromatic rings. The maximum atomic E-state index is 12.7. The largest absolute Gasteiger partial charge is 0.485 e. The van der Waals surface area contributed by atoms with Crippen molar-refractivity contribution in [3.05, 3.63) is 42.6 Å². The van der Waals surface area contributed by atoms with Gasteiger partial charge in [0.15, 0.2) is 11.6 Å². The van der Waals surface area contributed by atoms with E-state index < -0.39 is 12.7 Å². The number of ether oxygens (including phenoxy) is 2. The number of hydrogen-bond acceptors (Lipinski definition) is 6. The van der Waals surface area contributed by atoms with E-state index in [0.717, 1.165) is 12.2 Å². The smallest absolute Gasteiger partial charge is 0.387 e. The van der Waals surface area contributed by atoms with Gasteiger partial charge in [-0.3, -0.25) is 9.69 Å². The van der Waals surface area contributed by atoms with Crippen LogP contribution >= 0.6 is 0 Å². The average Bonchev–Trinajstić information content (AvgIpc) is 3.17. The van der Waals surface area contributed by atoms with E-state index in [-0.39, 0.29) is 23.4 Å². The molecule has 0 spiro atoms. The van der Waals surface area contributed by atoms with E-state index in [9.17, 15) is 13.6 Å². The van der Waals surface area contributed by atoms with Gasteiger partial charge in [0, 0.05) is 33.4 Å². The summed E-state index contributed by atoms with van der Waals surface area (Å²) in [6, 6.07) is 9.38. The van der Waals surface area contributed by atoms with Crippen LogP contribution in [-0.4, -0.2) is 61.7 Å². The number of likely N-dealkylation sites (tertiary alicyclic amines) is 1. The first kappa shape index (κ1) is 21.8. The molecule has 1 aromatic carbocycles. The Balaban J connectivity index is 1.60. The summed E-state index contributed by atoms with van der Waals surface area (Å²) < 4.78 is 35.8. The number of carbonyl (C=O) groups excluding carboxylic acids is 1. The number of rotatable bonds is 8. The number of alkyl halides is 2. The van der Waals surface area contributed by atoms with Crippen LogP contribution in [0.2, 0.25) is 0 Å². The van der Waals surface area contributed by atoms with E-state index in [1.54, 1.807) is 25.3 Å². The first-order valence-electron chi connectivity index (χ1n) is 9.73. The van der Waals surface area contributed by atoms with Crippen molar-refractivity contribution in [3.63, 3.8) is 0 Å². The lowest BCUT2D eigenvalue weighted by Gasteiger charge is -2.24. The lowest BCUT2D eigenvalue weighted by atomic mass is 10.2. The molecule has 1 aliphatic heterocycles.